The summed E-state index contributed by atoms with van der Waals surface area (Å²) in [5.41, 5.74) is 1.28. The molecule has 7 nitrogen and oxygen atoms in total. The van der Waals surface area contributed by atoms with Crippen molar-refractivity contribution in [2.75, 3.05) is 66.2 Å². The molecule has 3 aliphatic heterocycles. The highest BCUT2D eigenvalue weighted by Gasteiger charge is 2.21. The van der Waals surface area contributed by atoms with E-state index in [1.807, 2.05) is 13.1 Å². The standard InChI is InChI=1S/C22H35N5O2/c1-18(15-25-7-3-4-8-25)14-24-22(23-2)27-11-9-26(10-12-27)16-19-5-6-20-21(13-19)29-17-28-20/h5-6,13,18H,3-4,7-12,14-17H2,1-2H3,(H,23,24). The molecule has 7 heteroatoms. The lowest BCUT2D eigenvalue weighted by molar-refractivity contribution is 0.170. The van der Waals surface area contributed by atoms with Crippen LogP contribution in [0.1, 0.15) is 25.3 Å². The quantitative estimate of drug-likeness (QED) is 0.580. The number of nitrogens with zero attached hydrogens (tertiary/aromatic N) is 4. The summed E-state index contributed by atoms with van der Waals surface area (Å²) >= 11 is 0. The Morgan fingerprint density at radius 2 is 1.79 bits per heavy atom. The Morgan fingerprint density at radius 3 is 2.55 bits per heavy atom. The maximum atomic E-state index is 5.50. The number of likely N-dealkylation sites (tertiary alicyclic amines) is 1. The number of guanidine groups is 1. The summed E-state index contributed by atoms with van der Waals surface area (Å²) in [6.45, 7) is 12.4. The molecule has 0 radical (unpaired) electrons. The van der Waals surface area contributed by atoms with Crippen LogP contribution in [0.4, 0.5) is 0 Å². The lowest BCUT2D eigenvalue weighted by atomic mass is 10.1. The largest absolute Gasteiger partial charge is 0.454 e. The van der Waals surface area contributed by atoms with Gasteiger partial charge in [0.2, 0.25) is 6.79 Å². The van der Waals surface area contributed by atoms with Gasteiger partial charge in [0.1, 0.15) is 0 Å². The summed E-state index contributed by atoms with van der Waals surface area (Å²) in [6, 6.07) is 6.27. The number of nitrogens with one attached hydrogen (secondary N) is 1. The van der Waals surface area contributed by atoms with Crippen LogP contribution in [0.25, 0.3) is 0 Å². The lowest BCUT2D eigenvalue weighted by Gasteiger charge is -2.37. The molecule has 0 saturated carbocycles. The van der Waals surface area contributed by atoms with Crippen LogP contribution >= 0.6 is 0 Å². The van der Waals surface area contributed by atoms with Gasteiger partial charge in [0.15, 0.2) is 17.5 Å². The maximum absolute atomic E-state index is 5.50. The van der Waals surface area contributed by atoms with Crippen LogP contribution in [-0.2, 0) is 6.54 Å². The summed E-state index contributed by atoms with van der Waals surface area (Å²) < 4.78 is 10.9. The molecule has 160 valence electrons. The second-order valence-electron chi connectivity index (χ2n) is 8.49. The zero-order chi connectivity index (χ0) is 20.1. The first-order valence-corrected chi connectivity index (χ1v) is 11.0. The van der Waals surface area contributed by atoms with Gasteiger partial charge in [-0.05, 0) is 49.5 Å². The Morgan fingerprint density at radius 1 is 1.03 bits per heavy atom. The van der Waals surface area contributed by atoms with E-state index in [4.69, 9.17) is 9.47 Å². The minimum atomic E-state index is 0.334. The van der Waals surface area contributed by atoms with Crippen LogP contribution in [0.3, 0.4) is 0 Å². The van der Waals surface area contributed by atoms with E-state index < -0.39 is 0 Å². The van der Waals surface area contributed by atoms with Gasteiger partial charge in [0, 0.05) is 52.9 Å². The van der Waals surface area contributed by atoms with Crippen molar-refractivity contribution in [3.8, 4) is 11.5 Å². The second kappa shape index (κ2) is 9.67. The smallest absolute Gasteiger partial charge is 0.231 e. The molecule has 29 heavy (non-hydrogen) atoms. The van der Waals surface area contributed by atoms with E-state index in [1.54, 1.807) is 0 Å². The summed E-state index contributed by atoms with van der Waals surface area (Å²) in [5.74, 6) is 3.40. The molecule has 0 bridgehead atoms. The first-order valence-electron chi connectivity index (χ1n) is 11.0. The zero-order valence-electron chi connectivity index (χ0n) is 17.9. The van der Waals surface area contributed by atoms with Crippen molar-refractivity contribution in [2.24, 2.45) is 10.9 Å². The van der Waals surface area contributed by atoms with E-state index in [-0.39, 0.29) is 0 Å². The van der Waals surface area contributed by atoms with Crippen molar-refractivity contribution < 1.29 is 9.47 Å². The van der Waals surface area contributed by atoms with Crippen molar-refractivity contribution in [2.45, 2.75) is 26.3 Å². The summed E-state index contributed by atoms with van der Waals surface area (Å²) in [4.78, 5) is 12.0. The van der Waals surface area contributed by atoms with Gasteiger partial charge in [-0.1, -0.05) is 13.0 Å². The Labute approximate surface area is 174 Å². The Balaban J connectivity index is 1.20. The number of piperazine rings is 1. The van der Waals surface area contributed by atoms with Crippen LogP contribution in [0.2, 0.25) is 0 Å². The van der Waals surface area contributed by atoms with Crippen LogP contribution in [0, 0.1) is 5.92 Å². The van der Waals surface area contributed by atoms with E-state index >= 15 is 0 Å². The molecule has 1 atom stereocenters. The molecular weight excluding hydrogens is 366 g/mol. The van der Waals surface area contributed by atoms with Crippen molar-refractivity contribution in [3.05, 3.63) is 23.8 Å². The first-order chi connectivity index (χ1) is 14.2. The molecule has 3 aliphatic rings. The monoisotopic (exact) mass is 401 g/mol. The topological polar surface area (TPSA) is 52.6 Å². The van der Waals surface area contributed by atoms with Crippen LogP contribution in [0.5, 0.6) is 11.5 Å². The number of ether oxygens (including phenoxy) is 2. The van der Waals surface area contributed by atoms with Crippen LogP contribution in [-0.4, -0.2) is 86.9 Å². The third-order valence-electron chi connectivity index (χ3n) is 6.10. The normalized spacial score (nSPS) is 21.6. The Bertz CT molecular complexity index is 696. The van der Waals surface area contributed by atoms with Gasteiger partial charge in [-0.3, -0.25) is 9.89 Å². The molecule has 1 N–H and O–H groups in total. The molecule has 0 spiro atoms. The maximum Gasteiger partial charge on any atom is 0.231 e. The lowest BCUT2D eigenvalue weighted by Crippen LogP contribution is -2.52. The fourth-order valence-corrected chi connectivity index (χ4v) is 4.48. The van der Waals surface area contributed by atoms with Crippen molar-refractivity contribution in [3.63, 3.8) is 0 Å². The minimum absolute atomic E-state index is 0.334. The van der Waals surface area contributed by atoms with Gasteiger partial charge in [-0.25, -0.2) is 0 Å². The van der Waals surface area contributed by atoms with E-state index in [1.165, 1.54) is 38.0 Å². The number of aliphatic imine (C=N–C) groups is 1. The first kappa shape index (κ1) is 20.3. The molecule has 1 aromatic rings. The average molecular weight is 402 g/mol. The molecule has 2 fully saturated rings. The fourth-order valence-electron chi connectivity index (χ4n) is 4.48. The van der Waals surface area contributed by atoms with Gasteiger partial charge >= 0.3 is 0 Å². The number of hydrogen-bond donors (Lipinski definition) is 1. The summed E-state index contributed by atoms with van der Waals surface area (Å²) in [5, 5.41) is 3.61. The SMILES string of the molecule is CN=C(NCC(C)CN1CCCC1)N1CCN(Cc2ccc3c(c2)OCO3)CC1. The Kier molecular flexibility index (Phi) is 6.77. The van der Waals surface area contributed by atoms with Crippen molar-refractivity contribution in [1.29, 1.82) is 0 Å². The number of benzene rings is 1. The summed E-state index contributed by atoms with van der Waals surface area (Å²) in [6.07, 6.45) is 2.72. The van der Waals surface area contributed by atoms with Gasteiger partial charge in [0.05, 0.1) is 0 Å². The van der Waals surface area contributed by atoms with Gasteiger partial charge in [-0.15, -0.1) is 0 Å². The average Bonchev–Trinajstić information content (AvgIpc) is 3.41. The molecule has 2 saturated heterocycles. The molecule has 3 heterocycles. The van der Waals surface area contributed by atoms with E-state index in [0.717, 1.165) is 56.7 Å². The third-order valence-corrected chi connectivity index (χ3v) is 6.10. The molecule has 0 aliphatic carbocycles. The van der Waals surface area contributed by atoms with Crippen molar-refractivity contribution >= 4 is 5.96 Å². The van der Waals surface area contributed by atoms with E-state index in [9.17, 15) is 0 Å². The number of rotatable bonds is 6. The highest BCUT2D eigenvalue weighted by Crippen LogP contribution is 2.32. The van der Waals surface area contributed by atoms with E-state index in [0.29, 0.717) is 12.7 Å². The number of hydrogen-bond acceptors (Lipinski definition) is 5. The van der Waals surface area contributed by atoms with Crippen LogP contribution < -0.4 is 14.8 Å². The van der Waals surface area contributed by atoms with Gasteiger partial charge in [0.25, 0.3) is 0 Å². The van der Waals surface area contributed by atoms with Gasteiger partial charge < -0.3 is 24.6 Å². The highest BCUT2D eigenvalue weighted by atomic mass is 16.7. The fraction of sp³-hybridized carbons (Fsp3) is 0.682. The Hall–Kier alpha value is -1.99. The predicted molar refractivity (Wildman–Crippen MR) is 116 cm³/mol. The predicted octanol–water partition coefficient (Wildman–Crippen LogP) is 1.84. The molecule has 0 amide bonds. The summed E-state index contributed by atoms with van der Waals surface area (Å²) in [7, 11) is 1.90. The number of fused-ring (bicyclic) bond motifs is 1. The van der Waals surface area contributed by atoms with E-state index in [2.05, 4.69) is 44.1 Å². The molecule has 4 rings (SSSR count). The minimum Gasteiger partial charge on any atom is -0.454 e. The van der Waals surface area contributed by atoms with Gasteiger partial charge in [-0.2, -0.15) is 0 Å². The van der Waals surface area contributed by atoms with Crippen LogP contribution in [0.15, 0.2) is 23.2 Å². The zero-order valence-corrected chi connectivity index (χ0v) is 17.9. The second-order valence-corrected chi connectivity index (χ2v) is 8.49. The molecule has 1 unspecified atom stereocenters. The van der Waals surface area contributed by atoms with Crippen molar-refractivity contribution in [1.82, 2.24) is 20.0 Å². The molecule has 1 aromatic carbocycles. The molecule has 0 aromatic heterocycles. The third kappa shape index (κ3) is 5.34. The highest BCUT2D eigenvalue weighted by molar-refractivity contribution is 5.80. The molecular formula is C22H35N5O2.